The van der Waals surface area contributed by atoms with Crippen LogP contribution in [0.25, 0.3) is 0 Å². The van der Waals surface area contributed by atoms with E-state index < -0.39 is 0 Å². The van der Waals surface area contributed by atoms with E-state index in [2.05, 4.69) is 12.2 Å². The lowest BCUT2D eigenvalue weighted by molar-refractivity contribution is -0.127. The number of nitrogens with one attached hydrogen (secondary N) is 1. The Morgan fingerprint density at radius 2 is 1.93 bits per heavy atom. The second-order valence-corrected chi connectivity index (χ2v) is 9.17. The summed E-state index contributed by atoms with van der Waals surface area (Å²) in [5.74, 6) is 2.35. The molecule has 2 bridgehead atoms. The van der Waals surface area contributed by atoms with Gasteiger partial charge in [0.05, 0.1) is 5.92 Å². The second kappa shape index (κ2) is 7.83. The zero-order valence-corrected chi connectivity index (χ0v) is 16.8. The first-order chi connectivity index (χ1) is 13.0. The first-order valence-corrected chi connectivity index (χ1v) is 10.7. The van der Waals surface area contributed by atoms with Gasteiger partial charge in [0, 0.05) is 29.7 Å². The molecule has 2 saturated carbocycles. The largest absolute Gasteiger partial charge is 0.353 e. The van der Waals surface area contributed by atoms with Crippen molar-refractivity contribution in [2.24, 2.45) is 23.7 Å². The minimum absolute atomic E-state index is 0.00896. The maximum absolute atomic E-state index is 12.9. The summed E-state index contributed by atoms with van der Waals surface area (Å²) in [5.41, 5.74) is 0.635. The van der Waals surface area contributed by atoms with Crippen LogP contribution >= 0.6 is 11.6 Å². The minimum Gasteiger partial charge on any atom is -0.353 e. The molecule has 2 aliphatic carbocycles. The van der Waals surface area contributed by atoms with Crippen molar-refractivity contribution >= 4 is 23.4 Å². The molecular formula is C22H29ClN2O2. The molecule has 5 heteroatoms. The second-order valence-electron chi connectivity index (χ2n) is 8.73. The van der Waals surface area contributed by atoms with Crippen LogP contribution in [0.2, 0.25) is 5.02 Å². The molecule has 0 unspecified atom stereocenters. The first kappa shape index (κ1) is 18.8. The third-order valence-electron chi connectivity index (χ3n) is 6.98. The number of likely N-dealkylation sites (tertiary alicyclic amines) is 1. The molecule has 0 aromatic heterocycles. The maximum Gasteiger partial charge on any atom is 0.253 e. The first-order valence-electron chi connectivity index (χ1n) is 10.4. The highest BCUT2D eigenvalue weighted by Gasteiger charge is 2.42. The molecule has 1 N–H and O–H groups in total. The normalized spacial score (nSPS) is 31.0. The molecule has 146 valence electrons. The summed E-state index contributed by atoms with van der Waals surface area (Å²) in [6.07, 6.45) is 7.09. The Hall–Kier alpha value is -1.55. The van der Waals surface area contributed by atoms with Crippen molar-refractivity contribution in [2.75, 3.05) is 13.1 Å². The van der Waals surface area contributed by atoms with Crippen LogP contribution in [0, 0.1) is 23.7 Å². The Balaban J connectivity index is 1.34. The standard InChI is InChI=1S/C22H29ClN2O2/c1-14(20-12-15-4-5-17(20)11-15)24-21(26)18-3-2-10-25(13-18)22(27)16-6-8-19(23)9-7-16/h6-9,14-15,17-18,20H,2-5,10-13H2,1H3,(H,24,26)/t14-,15-,17-,18-,20+/m0/s1. The minimum atomic E-state index is -0.101. The van der Waals surface area contributed by atoms with Crippen molar-refractivity contribution in [1.29, 1.82) is 0 Å². The fourth-order valence-corrected chi connectivity index (χ4v) is 5.63. The highest BCUT2D eigenvalue weighted by atomic mass is 35.5. The van der Waals surface area contributed by atoms with Gasteiger partial charge in [0.2, 0.25) is 5.91 Å². The van der Waals surface area contributed by atoms with Gasteiger partial charge in [-0.2, -0.15) is 0 Å². The molecule has 1 heterocycles. The number of fused-ring (bicyclic) bond motifs is 2. The van der Waals surface area contributed by atoms with Crippen LogP contribution in [0.1, 0.15) is 55.8 Å². The molecule has 1 aromatic rings. The van der Waals surface area contributed by atoms with Crippen LogP contribution in [-0.4, -0.2) is 35.8 Å². The number of benzene rings is 1. The lowest BCUT2D eigenvalue weighted by Crippen LogP contribution is -2.49. The average Bonchev–Trinajstić information content (AvgIpc) is 3.32. The van der Waals surface area contributed by atoms with Crippen molar-refractivity contribution in [1.82, 2.24) is 10.2 Å². The molecular weight excluding hydrogens is 360 g/mol. The van der Waals surface area contributed by atoms with Gasteiger partial charge in [-0.3, -0.25) is 9.59 Å². The van der Waals surface area contributed by atoms with Crippen LogP contribution in [-0.2, 0) is 4.79 Å². The van der Waals surface area contributed by atoms with E-state index in [1.165, 1.54) is 25.7 Å². The Kier molecular flexibility index (Phi) is 5.45. The summed E-state index contributed by atoms with van der Waals surface area (Å²) in [6, 6.07) is 7.23. The number of rotatable bonds is 4. The number of halogens is 1. The van der Waals surface area contributed by atoms with Gasteiger partial charge in [0.15, 0.2) is 0 Å². The van der Waals surface area contributed by atoms with Crippen LogP contribution in [0.5, 0.6) is 0 Å². The fourth-order valence-electron chi connectivity index (χ4n) is 5.51. The number of amides is 2. The predicted octanol–water partition coefficient (Wildman–Crippen LogP) is 4.13. The molecule has 4 nitrogen and oxygen atoms in total. The number of hydrogen-bond donors (Lipinski definition) is 1. The van der Waals surface area contributed by atoms with Crippen LogP contribution in [0.3, 0.4) is 0 Å². The molecule has 1 aromatic carbocycles. The molecule has 3 aliphatic rings. The Bertz CT molecular complexity index is 705. The van der Waals surface area contributed by atoms with Gasteiger partial charge in [-0.15, -0.1) is 0 Å². The third kappa shape index (κ3) is 4.01. The summed E-state index contributed by atoms with van der Waals surface area (Å²) in [4.78, 5) is 27.4. The van der Waals surface area contributed by atoms with Gasteiger partial charge in [0.1, 0.15) is 0 Å². The van der Waals surface area contributed by atoms with Gasteiger partial charge < -0.3 is 10.2 Å². The van der Waals surface area contributed by atoms with Gasteiger partial charge >= 0.3 is 0 Å². The van der Waals surface area contributed by atoms with E-state index in [0.29, 0.717) is 29.6 Å². The number of hydrogen-bond acceptors (Lipinski definition) is 2. The lowest BCUT2D eigenvalue weighted by atomic mass is 9.83. The smallest absolute Gasteiger partial charge is 0.253 e. The summed E-state index contributed by atoms with van der Waals surface area (Å²) in [5, 5.41) is 3.91. The topological polar surface area (TPSA) is 49.4 Å². The molecule has 3 fully saturated rings. The Morgan fingerprint density at radius 3 is 2.59 bits per heavy atom. The molecule has 1 aliphatic heterocycles. The molecule has 4 rings (SSSR count). The maximum atomic E-state index is 12.9. The SMILES string of the molecule is C[C@H](NC(=O)[C@H]1CCCN(C(=O)c2ccc(Cl)cc2)C1)[C@H]1C[C@H]2CC[C@H]1C2. The summed E-state index contributed by atoms with van der Waals surface area (Å²) in [7, 11) is 0. The van der Waals surface area contributed by atoms with E-state index in [1.54, 1.807) is 24.3 Å². The van der Waals surface area contributed by atoms with Crippen LogP contribution < -0.4 is 5.32 Å². The van der Waals surface area contributed by atoms with E-state index in [9.17, 15) is 9.59 Å². The van der Waals surface area contributed by atoms with Gasteiger partial charge in [-0.05, 0) is 81.0 Å². The highest BCUT2D eigenvalue weighted by Crippen LogP contribution is 2.49. The molecule has 0 spiro atoms. The summed E-state index contributed by atoms with van der Waals surface area (Å²) >= 11 is 5.91. The molecule has 2 amide bonds. The monoisotopic (exact) mass is 388 g/mol. The van der Waals surface area contributed by atoms with Gasteiger partial charge in [-0.25, -0.2) is 0 Å². The lowest BCUT2D eigenvalue weighted by Gasteiger charge is -2.34. The Morgan fingerprint density at radius 1 is 1.15 bits per heavy atom. The quantitative estimate of drug-likeness (QED) is 0.842. The number of piperidine rings is 1. The predicted molar refractivity (Wildman–Crippen MR) is 107 cm³/mol. The molecule has 0 radical (unpaired) electrons. The fraction of sp³-hybridized carbons (Fsp3) is 0.636. The molecule has 5 atom stereocenters. The van der Waals surface area contributed by atoms with Crippen molar-refractivity contribution in [2.45, 2.75) is 51.5 Å². The summed E-state index contributed by atoms with van der Waals surface area (Å²) < 4.78 is 0. The third-order valence-corrected chi connectivity index (χ3v) is 7.23. The van der Waals surface area contributed by atoms with Gasteiger partial charge in [0.25, 0.3) is 5.91 Å². The van der Waals surface area contributed by atoms with Crippen molar-refractivity contribution < 1.29 is 9.59 Å². The zero-order chi connectivity index (χ0) is 19.0. The molecule has 27 heavy (non-hydrogen) atoms. The Labute approximate surface area is 166 Å². The number of nitrogens with zero attached hydrogens (tertiary/aromatic N) is 1. The van der Waals surface area contributed by atoms with Gasteiger partial charge in [-0.1, -0.05) is 18.0 Å². The molecule has 1 saturated heterocycles. The van der Waals surface area contributed by atoms with E-state index in [1.807, 2.05) is 4.90 Å². The van der Waals surface area contributed by atoms with E-state index in [-0.39, 0.29) is 23.8 Å². The van der Waals surface area contributed by atoms with Crippen molar-refractivity contribution in [3.05, 3.63) is 34.9 Å². The zero-order valence-electron chi connectivity index (χ0n) is 16.0. The number of carbonyl (C=O) groups is 2. The van der Waals surface area contributed by atoms with Crippen molar-refractivity contribution in [3.63, 3.8) is 0 Å². The highest BCUT2D eigenvalue weighted by molar-refractivity contribution is 6.30. The van der Waals surface area contributed by atoms with E-state index >= 15 is 0 Å². The average molecular weight is 389 g/mol. The van der Waals surface area contributed by atoms with Crippen LogP contribution in [0.4, 0.5) is 0 Å². The van der Waals surface area contributed by atoms with Crippen molar-refractivity contribution in [3.8, 4) is 0 Å². The van der Waals surface area contributed by atoms with E-state index in [4.69, 9.17) is 11.6 Å². The number of carbonyl (C=O) groups excluding carboxylic acids is 2. The van der Waals surface area contributed by atoms with E-state index in [0.717, 1.165) is 24.7 Å². The van der Waals surface area contributed by atoms with Crippen LogP contribution in [0.15, 0.2) is 24.3 Å². The summed E-state index contributed by atoms with van der Waals surface area (Å²) in [6.45, 7) is 3.40.